The number of unbranched alkanes of at least 4 members (excludes halogenated alkanes) is 4. The molecule has 1 fully saturated rings. The van der Waals surface area contributed by atoms with Crippen LogP contribution in [0.4, 0.5) is 0 Å². The van der Waals surface area contributed by atoms with Gasteiger partial charge in [0.2, 0.25) is 0 Å². The first-order chi connectivity index (χ1) is 9.19. The van der Waals surface area contributed by atoms with Crippen molar-refractivity contribution in [3.63, 3.8) is 0 Å². The minimum Gasteiger partial charge on any atom is -0.396 e. The van der Waals surface area contributed by atoms with Crippen molar-refractivity contribution >= 4 is 18.2 Å². The van der Waals surface area contributed by atoms with E-state index in [2.05, 4.69) is 18.7 Å². The zero-order valence-electron chi connectivity index (χ0n) is 13.2. The van der Waals surface area contributed by atoms with Crippen LogP contribution in [0.15, 0.2) is 0 Å². The molecule has 1 saturated heterocycles. The van der Waals surface area contributed by atoms with Gasteiger partial charge >= 0.3 is 0 Å². The molecule has 20 heavy (non-hydrogen) atoms. The molecular formula is C16H33ClN2O. The van der Waals surface area contributed by atoms with Crippen molar-refractivity contribution in [2.45, 2.75) is 65.2 Å². The molecule has 1 aliphatic rings. The number of likely N-dealkylation sites (tertiary alicyclic amines) is 1. The van der Waals surface area contributed by atoms with Gasteiger partial charge in [0, 0.05) is 26.1 Å². The summed E-state index contributed by atoms with van der Waals surface area (Å²) >= 11 is 0. The standard InChI is InChI=1S/C16H32N2O.ClH/c1-3-4-5-6-7-8-16(17)18-11-9-15(10-12-18)14(2)13-19;/h14-15,17,19H,3-13H2,1-2H3;1H. The van der Waals surface area contributed by atoms with E-state index in [1.54, 1.807) is 0 Å². The molecule has 1 heterocycles. The van der Waals surface area contributed by atoms with Gasteiger partial charge in [-0.25, -0.2) is 0 Å². The number of nitrogens with zero attached hydrogens (tertiary/aromatic N) is 1. The van der Waals surface area contributed by atoms with Gasteiger partial charge in [0.1, 0.15) is 0 Å². The highest BCUT2D eigenvalue weighted by atomic mass is 35.5. The second kappa shape index (κ2) is 11.4. The highest BCUT2D eigenvalue weighted by Crippen LogP contribution is 2.25. The molecular weight excluding hydrogens is 272 g/mol. The van der Waals surface area contributed by atoms with E-state index in [-0.39, 0.29) is 12.4 Å². The summed E-state index contributed by atoms with van der Waals surface area (Å²) in [6.07, 6.45) is 9.61. The lowest BCUT2D eigenvalue weighted by molar-refractivity contribution is 0.142. The maximum Gasteiger partial charge on any atom is 0.0957 e. The molecule has 0 spiro atoms. The number of amidine groups is 1. The van der Waals surface area contributed by atoms with Gasteiger partial charge in [-0.05, 0) is 31.1 Å². The molecule has 1 atom stereocenters. The molecule has 1 rings (SSSR count). The number of halogens is 1. The van der Waals surface area contributed by atoms with Crippen molar-refractivity contribution < 1.29 is 5.11 Å². The first-order valence-corrected chi connectivity index (χ1v) is 8.12. The van der Waals surface area contributed by atoms with Gasteiger partial charge in [-0.15, -0.1) is 12.4 Å². The smallest absolute Gasteiger partial charge is 0.0957 e. The number of piperidine rings is 1. The quantitative estimate of drug-likeness (QED) is 0.403. The topological polar surface area (TPSA) is 47.3 Å². The first kappa shape index (κ1) is 19.7. The summed E-state index contributed by atoms with van der Waals surface area (Å²) in [6.45, 7) is 6.71. The van der Waals surface area contributed by atoms with Crippen LogP contribution in [0.3, 0.4) is 0 Å². The van der Waals surface area contributed by atoms with E-state index in [0.717, 1.165) is 38.2 Å². The summed E-state index contributed by atoms with van der Waals surface area (Å²) < 4.78 is 0. The Kier molecular flexibility index (Phi) is 11.2. The Morgan fingerprint density at radius 2 is 1.80 bits per heavy atom. The van der Waals surface area contributed by atoms with E-state index in [1.165, 1.54) is 32.1 Å². The molecule has 3 nitrogen and oxygen atoms in total. The average Bonchev–Trinajstić information content (AvgIpc) is 2.46. The van der Waals surface area contributed by atoms with Crippen LogP contribution in [0.5, 0.6) is 0 Å². The molecule has 0 amide bonds. The number of rotatable bonds is 8. The second-order valence-corrected chi connectivity index (χ2v) is 6.10. The maximum absolute atomic E-state index is 9.19. The van der Waals surface area contributed by atoms with Crippen molar-refractivity contribution in [1.29, 1.82) is 5.41 Å². The van der Waals surface area contributed by atoms with Crippen molar-refractivity contribution in [2.24, 2.45) is 11.8 Å². The van der Waals surface area contributed by atoms with E-state index in [4.69, 9.17) is 5.41 Å². The summed E-state index contributed by atoms with van der Waals surface area (Å²) in [7, 11) is 0. The van der Waals surface area contributed by atoms with Crippen LogP contribution in [0.1, 0.15) is 65.2 Å². The van der Waals surface area contributed by atoms with E-state index in [1.807, 2.05) is 0 Å². The second-order valence-electron chi connectivity index (χ2n) is 6.10. The molecule has 1 aliphatic heterocycles. The van der Waals surface area contributed by atoms with E-state index < -0.39 is 0 Å². The molecule has 120 valence electrons. The van der Waals surface area contributed by atoms with Crippen LogP contribution in [-0.4, -0.2) is 35.5 Å². The minimum absolute atomic E-state index is 0. The van der Waals surface area contributed by atoms with Crippen molar-refractivity contribution in [2.75, 3.05) is 19.7 Å². The lowest BCUT2D eigenvalue weighted by atomic mass is 9.86. The normalized spacial score (nSPS) is 17.6. The molecule has 2 N–H and O–H groups in total. The van der Waals surface area contributed by atoms with Crippen molar-refractivity contribution in [3.05, 3.63) is 0 Å². The van der Waals surface area contributed by atoms with Crippen molar-refractivity contribution in [3.8, 4) is 0 Å². The van der Waals surface area contributed by atoms with Crippen LogP contribution in [-0.2, 0) is 0 Å². The van der Waals surface area contributed by atoms with Gasteiger partial charge in [0.25, 0.3) is 0 Å². The zero-order valence-corrected chi connectivity index (χ0v) is 14.1. The van der Waals surface area contributed by atoms with Crippen LogP contribution >= 0.6 is 12.4 Å². The van der Waals surface area contributed by atoms with E-state index in [9.17, 15) is 5.11 Å². The summed E-state index contributed by atoms with van der Waals surface area (Å²) in [5.74, 6) is 1.91. The maximum atomic E-state index is 9.19. The van der Waals surface area contributed by atoms with Gasteiger partial charge in [0.05, 0.1) is 5.84 Å². The molecule has 0 radical (unpaired) electrons. The summed E-state index contributed by atoms with van der Waals surface area (Å²) in [6, 6.07) is 0. The third-order valence-electron chi connectivity index (χ3n) is 4.53. The number of nitrogens with one attached hydrogen (secondary N) is 1. The Balaban J connectivity index is 0.00000361. The number of hydrogen-bond donors (Lipinski definition) is 2. The van der Waals surface area contributed by atoms with Gasteiger partial charge in [-0.3, -0.25) is 5.41 Å². The number of aliphatic hydroxyl groups excluding tert-OH is 1. The Morgan fingerprint density at radius 3 is 2.35 bits per heavy atom. The molecule has 0 aromatic carbocycles. The SMILES string of the molecule is CCCCCCCC(=N)N1CCC(C(C)CO)CC1.Cl. The zero-order chi connectivity index (χ0) is 14.1. The molecule has 0 aromatic rings. The van der Waals surface area contributed by atoms with E-state index in [0.29, 0.717) is 18.4 Å². The van der Waals surface area contributed by atoms with Gasteiger partial charge in [-0.2, -0.15) is 0 Å². The Bertz CT molecular complexity index is 253. The van der Waals surface area contributed by atoms with E-state index >= 15 is 0 Å². The number of hydrogen-bond acceptors (Lipinski definition) is 2. The fraction of sp³-hybridized carbons (Fsp3) is 0.938. The van der Waals surface area contributed by atoms with Crippen LogP contribution in [0.2, 0.25) is 0 Å². The highest BCUT2D eigenvalue weighted by Gasteiger charge is 2.24. The Labute approximate surface area is 131 Å². The Hall–Kier alpha value is -0.280. The molecule has 4 heteroatoms. The molecule has 0 bridgehead atoms. The lowest BCUT2D eigenvalue weighted by Crippen LogP contribution is -2.39. The minimum atomic E-state index is 0. The fourth-order valence-electron chi connectivity index (χ4n) is 2.94. The predicted octanol–water partition coefficient (Wildman–Crippen LogP) is 4.09. The van der Waals surface area contributed by atoms with Gasteiger partial charge in [-0.1, -0.05) is 39.5 Å². The van der Waals surface area contributed by atoms with Gasteiger partial charge < -0.3 is 10.0 Å². The lowest BCUT2D eigenvalue weighted by Gasteiger charge is -2.35. The third kappa shape index (κ3) is 6.94. The number of aliphatic hydroxyl groups is 1. The highest BCUT2D eigenvalue weighted by molar-refractivity contribution is 5.85. The van der Waals surface area contributed by atoms with Crippen LogP contribution in [0, 0.1) is 17.2 Å². The molecule has 0 saturated carbocycles. The largest absolute Gasteiger partial charge is 0.396 e. The first-order valence-electron chi connectivity index (χ1n) is 8.12. The van der Waals surface area contributed by atoms with Crippen LogP contribution < -0.4 is 0 Å². The van der Waals surface area contributed by atoms with Crippen molar-refractivity contribution in [1.82, 2.24) is 4.90 Å². The Morgan fingerprint density at radius 1 is 1.20 bits per heavy atom. The summed E-state index contributed by atoms with van der Waals surface area (Å²) in [5, 5.41) is 17.4. The van der Waals surface area contributed by atoms with Gasteiger partial charge in [0.15, 0.2) is 0 Å². The molecule has 0 aliphatic carbocycles. The predicted molar refractivity (Wildman–Crippen MR) is 88.9 cm³/mol. The molecule has 1 unspecified atom stereocenters. The van der Waals surface area contributed by atoms with Crippen LogP contribution in [0.25, 0.3) is 0 Å². The fourth-order valence-corrected chi connectivity index (χ4v) is 2.94. The monoisotopic (exact) mass is 304 g/mol. The summed E-state index contributed by atoms with van der Waals surface area (Å²) in [4.78, 5) is 2.25. The summed E-state index contributed by atoms with van der Waals surface area (Å²) in [5.41, 5.74) is 0. The average molecular weight is 305 g/mol. The molecule has 0 aromatic heterocycles. The third-order valence-corrected chi connectivity index (χ3v) is 4.53.